The Bertz CT molecular complexity index is 1070. The second kappa shape index (κ2) is 11.9. The lowest BCUT2D eigenvalue weighted by atomic mass is 10.0. The van der Waals surface area contributed by atoms with Gasteiger partial charge < -0.3 is 19.3 Å². The van der Waals surface area contributed by atoms with Crippen LogP contribution in [-0.4, -0.2) is 37.5 Å². The summed E-state index contributed by atoms with van der Waals surface area (Å²) in [7, 11) is 1.67. The van der Waals surface area contributed by atoms with Crippen LogP contribution in [0, 0.1) is 0 Å². The lowest BCUT2D eigenvalue weighted by molar-refractivity contribution is -0.149. The molecule has 33 heavy (non-hydrogen) atoms. The van der Waals surface area contributed by atoms with Crippen LogP contribution >= 0.6 is 0 Å². The molecule has 0 spiro atoms. The maximum absolute atomic E-state index is 11.2. The van der Waals surface area contributed by atoms with Gasteiger partial charge in [-0.15, -0.1) is 0 Å². The van der Waals surface area contributed by atoms with E-state index >= 15 is 0 Å². The largest absolute Gasteiger partial charge is 0.497 e. The second-order valence-corrected chi connectivity index (χ2v) is 7.64. The first kappa shape index (κ1) is 24.1. The maximum atomic E-state index is 11.2. The van der Waals surface area contributed by atoms with Gasteiger partial charge in [0.15, 0.2) is 6.10 Å². The molecule has 0 aliphatic heterocycles. The van der Waals surface area contributed by atoms with Gasteiger partial charge in [0.05, 0.1) is 7.11 Å². The highest BCUT2D eigenvalue weighted by Crippen LogP contribution is 2.25. The molecule has 1 N–H and O–H groups in total. The summed E-state index contributed by atoms with van der Waals surface area (Å²) in [6, 6.07) is 23.9. The number of methoxy groups -OCH3 is 1. The van der Waals surface area contributed by atoms with Crippen molar-refractivity contribution >= 4 is 11.5 Å². The summed E-state index contributed by atoms with van der Waals surface area (Å²) in [5.41, 5.74) is 5.41. The summed E-state index contributed by atoms with van der Waals surface area (Å²) >= 11 is 0. The Morgan fingerprint density at radius 3 is 2.33 bits per heavy atom. The molecule has 3 aromatic carbocycles. The molecule has 0 saturated carbocycles. The van der Waals surface area contributed by atoms with Crippen LogP contribution < -0.4 is 9.47 Å². The minimum Gasteiger partial charge on any atom is -0.497 e. The number of allylic oxidation sites excluding steroid dienone is 1. The van der Waals surface area contributed by atoms with Crippen LogP contribution in [0.1, 0.15) is 25.0 Å². The third-order valence-corrected chi connectivity index (χ3v) is 5.37. The van der Waals surface area contributed by atoms with E-state index in [-0.39, 0.29) is 0 Å². The average molecular weight is 447 g/mol. The highest BCUT2D eigenvalue weighted by molar-refractivity contribution is 5.73. The van der Waals surface area contributed by atoms with Crippen molar-refractivity contribution < 1.29 is 24.1 Å². The van der Waals surface area contributed by atoms with Crippen molar-refractivity contribution in [3.8, 4) is 22.6 Å². The Hall–Kier alpha value is -3.57. The van der Waals surface area contributed by atoms with Crippen molar-refractivity contribution in [2.24, 2.45) is 0 Å². The van der Waals surface area contributed by atoms with Crippen molar-refractivity contribution in [3.63, 3.8) is 0 Å². The van der Waals surface area contributed by atoms with Crippen LogP contribution in [-0.2, 0) is 16.0 Å². The predicted octanol–water partition coefficient (Wildman–Crippen LogP) is 5.88. The zero-order valence-corrected chi connectivity index (χ0v) is 19.3. The number of ether oxygens (including phenoxy) is 3. The summed E-state index contributed by atoms with van der Waals surface area (Å²) < 4.78 is 16.4. The first-order valence-corrected chi connectivity index (χ1v) is 11.0. The van der Waals surface area contributed by atoms with Gasteiger partial charge in [-0.05, 0) is 72.0 Å². The summed E-state index contributed by atoms with van der Waals surface area (Å²) in [4.78, 5) is 11.2. The van der Waals surface area contributed by atoms with Crippen molar-refractivity contribution in [3.05, 3.63) is 90.0 Å². The smallest absolute Gasteiger partial charge is 0.333 e. The van der Waals surface area contributed by atoms with Gasteiger partial charge in [-0.1, -0.05) is 48.5 Å². The Balaban J connectivity index is 1.56. The summed E-state index contributed by atoms with van der Waals surface area (Å²) in [5, 5.41) is 9.22. The fourth-order valence-corrected chi connectivity index (χ4v) is 3.46. The maximum Gasteiger partial charge on any atom is 0.333 e. The Labute approximate surface area is 195 Å². The summed E-state index contributed by atoms with van der Waals surface area (Å²) in [6.07, 6.45) is 1.54. The van der Waals surface area contributed by atoms with Crippen LogP contribution in [0.15, 0.2) is 78.9 Å². The number of benzene rings is 3. The molecule has 3 rings (SSSR count). The second-order valence-electron chi connectivity index (χ2n) is 7.64. The molecule has 5 heteroatoms. The molecule has 0 aliphatic rings. The van der Waals surface area contributed by atoms with Gasteiger partial charge in [-0.2, -0.15) is 0 Å². The number of hydrogen-bond donors (Lipinski definition) is 1. The molecule has 5 nitrogen and oxygen atoms in total. The molecule has 1 unspecified atom stereocenters. The molecule has 0 bridgehead atoms. The summed E-state index contributed by atoms with van der Waals surface area (Å²) in [5.74, 6) is 0.627. The van der Waals surface area contributed by atoms with Gasteiger partial charge in [0.2, 0.25) is 0 Å². The number of carbonyl (C=O) groups is 1. The Kier molecular flexibility index (Phi) is 8.67. The topological polar surface area (TPSA) is 65.0 Å². The van der Waals surface area contributed by atoms with Crippen LogP contribution in [0.2, 0.25) is 0 Å². The SMILES string of the molecule is CCOC(Cc1ccc(OCC=C(C)c2ccc(-c3cccc(OC)c3)cc2)cc1)C(=O)O. The first-order valence-electron chi connectivity index (χ1n) is 11.0. The van der Waals surface area contributed by atoms with Crippen molar-refractivity contribution in [1.82, 2.24) is 0 Å². The minimum absolute atomic E-state index is 0.328. The monoisotopic (exact) mass is 446 g/mol. The van der Waals surface area contributed by atoms with Crippen molar-refractivity contribution in [2.75, 3.05) is 20.3 Å². The lowest BCUT2D eigenvalue weighted by Gasteiger charge is -2.12. The number of aliphatic carboxylic acids is 1. The van der Waals surface area contributed by atoms with Gasteiger partial charge in [-0.25, -0.2) is 4.79 Å². The third-order valence-electron chi connectivity index (χ3n) is 5.37. The molecular weight excluding hydrogens is 416 g/mol. The van der Waals surface area contributed by atoms with Gasteiger partial charge in [0, 0.05) is 13.0 Å². The third kappa shape index (κ3) is 6.96. The molecule has 0 amide bonds. The predicted molar refractivity (Wildman–Crippen MR) is 131 cm³/mol. The lowest BCUT2D eigenvalue weighted by Crippen LogP contribution is -2.26. The van der Waals surface area contributed by atoms with E-state index in [9.17, 15) is 9.90 Å². The van der Waals surface area contributed by atoms with Crippen LogP contribution in [0.3, 0.4) is 0 Å². The number of hydrogen-bond acceptors (Lipinski definition) is 4. The standard InChI is InChI=1S/C28H30O5/c1-4-32-27(28(29)30)18-21-8-14-25(15-9-21)33-17-16-20(2)22-10-12-23(13-11-22)24-6-5-7-26(19-24)31-3/h5-16,19,27H,4,17-18H2,1-3H3,(H,29,30). The number of rotatable bonds is 11. The minimum atomic E-state index is -0.950. The van der Waals surface area contributed by atoms with Gasteiger partial charge >= 0.3 is 5.97 Å². The van der Waals surface area contributed by atoms with E-state index in [4.69, 9.17) is 14.2 Å². The average Bonchev–Trinajstić information content (AvgIpc) is 2.84. The molecule has 0 fully saturated rings. The van der Waals surface area contributed by atoms with Crippen LogP contribution in [0.25, 0.3) is 16.7 Å². The van der Waals surface area contributed by atoms with E-state index in [1.54, 1.807) is 14.0 Å². The summed E-state index contributed by atoms with van der Waals surface area (Å²) in [6.45, 7) is 4.66. The van der Waals surface area contributed by atoms with Crippen molar-refractivity contribution in [1.29, 1.82) is 0 Å². The molecule has 1 atom stereocenters. The zero-order valence-electron chi connectivity index (χ0n) is 19.3. The molecule has 172 valence electrons. The fourth-order valence-electron chi connectivity index (χ4n) is 3.46. The molecule has 3 aromatic rings. The highest BCUT2D eigenvalue weighted by atomic mass is 16.5. The van der Waals surface area contributed by atoms with Crippen LogP contribution in [0.5, 0.6) is 11.5 Å². The highest BCUT2D eigenvalue weighted by Gasteiger charge is 2.17. The number of carboxylic acid groups (broad SMARTS) is 1. The number of carboxylic acids is 1. The zero-order chi connectivity index (χ0) is 23.6. The van der Waals surface area contributed by atoms with Gasteiger partial charge in [0.1, 0.15) is 18.1 Å². The molecule has 0 radical (unpaired) electrons. The first-order chi connectivity index (χ1) is 16.0. The Morgan fingerprint density at radius 1 is 0.970 bits per heavy atom. The van der Waals surface area contributed by atoms with E-state index in [1.807, 2.05) is 48.5 Å². The van der Waals surface area contributed by atoms with E-state index in [0.29, 0.717) is 19.6 Å². The molecule has 0 aromatic heterocycles. The fraction of sp³-hybridized carbons (Fsp3) is 0.250. The molecular formula is C28H30O5. The van der Waals surface area contributed by atoms with Gasteiger partial charge in [-0.3, -0.25) is 0 Å². The van der Waals surface area contributed by atoms with E-state index in [0.717, 1.165) is 39.3 Å². The normalized spacial score (nSPS) is 12.3. The molecule has 0 heterocycles. The van der Waals surface area contributed by atoms with Crippen molar-refractivity contribution in [2.45, 2.75) is 26.4 Å². The van der Waals surface area contributed by atoms with E-state index < -0.39 is 12.1 Å². The van der Waals surface area contributed by atoms with Gasteiger partial charge in [0.25, 0.3) is 0 Å². The quantitative estimate of drug-likeness (QED) is 0.399. The van der Waals surface area contributed by atoms with E-state index in [2.05, 4.69) is 37.3 Å². The Morgan fingerprint density at radius 2 is 1.70 bits per heavy atom. The van der Waals surface area contributed by atoms with Crippen LogP contribution in [0.4, 0.5) is 0 Å². The molecule has 0 saturated heterocycles. The van der Waals surface area contributed by atoms with E-state index in [1.165, 1.54) is 0 Å². The molecule has 0 aliphatic carbocycles.